The lowest BCUT2D eigenvalue weighted by Crippen LogP contribution is -2.35. The van der Waals surface area contributed by atoms with Gasteiger partial charge >= 0.3 is 23.9 Å². The van der Waals surface area contributed by atoms with Crippen LogP contribution in [0.1, 0.15) is 265 Å². The molecule has 0 N–H and O–H groups in total. The molecule has 0 aliphatic heterocycles. The second-order valence-corrected chi connectivity index (χ2v) is 27.4. The van der Waals surface area contributed by atoms with Crippen molar-refractivity contribution in [3.63, 3.8) is 0 Å². The third-order valence-electron chi connectivity index (χ3n) is 22.1. The average Bonchev–Trinajstić information content (AvgIpc) is 4.38. The topological polar surface area (TPSA) is 105 Å². The van der Waals surface area contributed by atoms with E-state index in [1.54, 1.807) is 6.92 Å². The number of carbonyl (C=O) groups excluding carboxylic acids is 4. The predicted molar refractivity (Wildman–Crippen MR) is 311 cm³/mol. The van der Waals surface area contributed by atoms with Gasteiger partial charge in [-0.2, -0.15) is 0 Å². The predicted octanol–water partition coefficient (Wildman–Crippen LogP) is 17.7. The van der Waals surface area contributed by atoms with E-state index in [4.69, 9.17) is 18.9 Å². The van der Waals surface area contributed by atoms with Crippen LogP contribution >= 0.6 is 0 Å². The molecule has 0 radical (unpaired) electrons. The van der Waals surface area contributed by atoms with Crippen molar-refractivity contribution >= 4 is 23.9 Å². The molecule has 0 spiro atoms. The fourth-order valence-corrected chi connectivity index (χ4v) is 18.3. The first-order valence-electron chi connectivity index (χ1n) is 33.5. The van der Waals surface area contributed by atoms with Gasteiger partial charge in [0.25, 0.3) is 0 Å². The van der Waals surface area contributed by atoms with Crippen molar-refractivity contribution in [2.45, 2.75) is 265 Å². The summed E-state index contributed by atoms with van der Waals surface area (Å²) in [5, 5.41) is 0. The molecule has 16 atom stereocenters. The van der Waals surface area contributed by atoms with Gasteiger partial charge in [0.1, 0.15) is 0 Å². The number of hydrogen-bond donors (Lipinski definition) is 0. The highest BCUT2D eigenvalue weighted by Gasteiger charge is 2.57. The van der Waals surface area contributed by atoms with Gasteiger partial charge in [-0.05, 0) is 192 Å². The van der Waals surface area contributed by atoms with E-state index in [1.165, 1.54) is 199 Å². The normalized spacial score (nSPS) is 32.5. The zero-order chi connectivity index (χ0) is 54.4. The van der Waals surface area contributed by atoms with E-state index in [-0.39, 0.29) is 23.9 Å². The molecule has 0 heterocycles. The molecule has 7 rings (SSSR count). The summed E-state index contributed by atoms with van der Waals surface area (Å²) in [6.45, 7) is 15.9. The fourth-order valence-electron chi connectivity index (χ4n) is 18.3. The highest BCUT2D eigenvalue weighted by molar-refractivity contribution is 5.86. The number of rotatable bonds is 40. The van der Waals surface area contributed by atoms with Crippen LogP contribution in [0, 0.1) is 94.7 Å². The lowest BCUT2D eigenvalue weighted by Gasteiger charge is -2.44. The van der Waals surface area contributed by atoms with E-state index in [1.807, 2.05) is 0 Å². The van der Waals surface area contributed by atoms with Crippen LogP contribution in [0.15, 0.2) is 24.8 Å². The molecule has 8 heteroatoms. The monoisotopic (exact) mass is 1070 g/mol. The quantitative estimate of drug-likeness (QED) is 0.0259. The second-order valence-electron chi connectivity index (χ2n) is 27.4. The molecule has 0 aromatic carbocycles. The summed E-state index contributed by atoms with van der Waals surface area (Å²) in [5.74, 6) is 10.8. The molecule has 0 amide bonds. The van der Waals surface area contributed by atoms with Gasteiger partial charge in [0.05, 0.1) is 26.4 Å². The summed E-state index contributed by atoms with van der Waals surface area (Å²) in [6, 6.07) is 0. The Labute approximate surface area is 470 Å². The zero-order valence-corrected chi connectivity index (χ0v) is 49.7. The van der Waals surface area contributed by atoms with Crippen LogP contribution < -0.4 is 0 Å². The lowest BCUT2D eigenvalue weighted by atomic mass is 9.61. The summed E-state index contributed by atoms with van der Waals surface area (Å²) in [5.41, 5.74) is 0.477. The number of unbranched alkanes of at least 4 members (excludes halogenated alkanes) is 18. The van der Waals surface area contributed by atoms with E-state index >= 15 is 0 Å². The van der Waals surface area contributed by atoms with E-state index in [0.717, 1.165) is 85.9 Å². The molecule has 4 bridgehead atoms. The lowest BCUT2D eigenvalue weighted by molar-refractivity contribution is -0.147. The van der Waals surface area contributed by atoms with Gasteiger partial charge in [-0.15, -0.1) is 0 Å². The van der Waals surface area contributed by atoms with Crippen molar-refractivity contribution < 1.29 is 38.1 Å². The van der Waals surface area contributed by atoms with E-state index in [2.05, 4.69) is 27.0 Å². The first-order chi connectivity index (χ1) is 37.6. The van der Waals surface area contributed by atoms with Gasteiger partial charge < -0.3 is 18.9 Å². The molecule has 7 saturated carbocycles. The molecule has 14 unspecified atom stereocenters. The fraction of sp³-hybridized carbons (Fsp3) is 0.884. The Morgan fingerprint density at radius 1 is 0.416 bits per heavy atom. The SMILES string of the molecule is C=CC(=O)OCC1CC2C3CC(COC(=O)CCCCCCCCC4C(CCCCCCCCC(=O)OCC5CC6CC5[C@@H]5CC(COC(=O)C(=C)C)C[C@H]65)CCC(CCCCCCCC)C4CCCCCC)C(C3)C2C1. The van der Waals surface area contributed by atoms with Gasteiger partial charge in [-0.3, -0.25) is 9.59 Å². The van der Waals surface area contributed by atoms with Crippen LogP contribution in [-0.4, -0.2) is 50.3 Å². The van der Waals surface area contributed by atoms with Crippen LogP contribution in [-0.2, 0) is 38.1 Å². The summed E-state index contributed by atoms with van der Waals surface area (Å²) in [6.07, 6.45) is 49.2. The van der Waals surface area contributed by atoms with Gasteiger partial charge in [0, 0.05) is 24.5 Å². The number of fused-ring (bicyclic) bond motifs is 10. The molecular weight excluding hydrogens is 957 g/mol. The summed E-state index contributed by atoms with van der Waals surface area (Å²) >= 11 is 0. The van der Waals surface area contributed by atoms with Crippen molar-refractivity contribution in [3.05, 3.63) is 24.8 Å². The first kappa shape index (κ1) is 62.0. The Morgan fingerprint density at radius 2 is 0.805 bits per heavy atom. The molecule has 0 aromatic rings. The molecule has 0 saturated heterocycles. The summed E-state index contributed by atoms with van der Waals surface area (Å²) < 4.78 is 22.8. The molecule has 7 aliphatic rings. The Bertz CT molecular complexity index is 1790. The van der Waals surface area contributed by atoms with Crippen molar-refractivity contribution in [3.8, 4) is 0 Å². The maximum absolute atomic E-state index is 12.9. The van der Waals surface area contributed by atoms with Crippen molar-refractivity contribution in [1.29, 1.82) is 0 Å². The van der Waals surface area contributed by atoms with Crippen LogP contribution in [0.4, 0.5) is 0 Å². The summed E-state index contributed by atoms with van der Waals surface area (Å²) in [4.78, 5) is 49.4. The Hall–Kier alpha value is -2.64. The van der Waals surface area contributed by atoms with Gasteiger partial charge in [0.15, 0.2) is 0 Å². The van der Waals surface area contributed by atoms with Crippen LogP contribution in [0.3, 0.4) is 0 Å². The average molecular weight is 1070 g/mol. The third kappa shape index (κ3) is 19.0. The smallest absolute Gasteiger partial charge is 0.333 e. The molecule has 0 aromatic heterocycles. The van der Waals surface area contributed by atoms with Crippen LogP contribution in [0.2, 0.25) is 0 Å². The number of ether oxygens (including phenoxy) is 4. The third-order valence-corrected chi connectivity index (χ3v) is 22.1. The minimum absolute atomic E-state index is 0.00657. The number of carbonyl (C=O) groups is 4. The Kier molecular flexibility index (Phi) is 26.8. The molecule has 438 valence electrons. The largest absolute Gasteiger partial charge is 0.465 e. The highest BCUT2D eigenvalue weighted by Crippen LogP contribution is 2.63. The minimum Gasteiger partial charge on any atom is -0.465 e. The van der Waals surface area contributed by atoms with Crippen LogP contribution in [0.5, 0.6) is 0 Å². The van der Waals surface area contributed by atoms with Crippen LogP contribution in [0.25, 0.3) is 0 Å². The van der Waals surface area contributed by atoms with Gasteiger partial charge in [0.2, 0.25) is 0 Å². The van der Waals surface area contributed by atoms with Gasteiger partial charge in [-0.25, -0.2) is 9.59 Å². The molecule has 7 aliphatic carbocycles. The Balaban J connectivity index is 0.762. The number of hydrogen-bond acceptors (Lipinski definition) is 8. The van der Waals surface area contributed by atoms with Gasteiger partial charge in [-0.1, -0.05) is 168 Å². The molecule has 77 heavy (non-hydrogen) atoms. The Morgan fingerprint density at radius 3 is 1.25 bits per heavy atom. The van der Waals surface area contributed by atoms with Crippen molar-refractivity contribution in [2.24, 2.45) is 94.7 Å². The molecule has 7 fully saturated rings. The van der Waals surface area contributed by atoms with E-state index in [9.17, 15) is 19.2 Å². The number of esters is 4. The molecule has 8 nitrogen and oxygen atoms in total. The van der Waals surface area contributed by atoms with E-state index < -0.39 is 0 Å². The minimum atomic E-state index is -0.311. The first-order valence-corrected chi connectivity index (χ1v) is 33.5. The second kappa shape index (κ2) is 33.3. The van der Waals surface area contributed by atoms with Crippen molar-refractivity contribution in [1.82, 2.24) is 0 Å². The maximum Gasteiger partial charge on any atom is 0.333 e. The molecular formula is C69H114O8. The standard InChI is InChI=1S/C69H114O8/c1-6-9-11-13-18-23-29-52-35-36-53(30-24-19-14-16-21-27-33-67(71)76-48-57-42-55-44-63(57)65-40-51(38-61(55)65)46-77-69(73)49(4)5)59(58(52)31-25-12-10-7-2)32-26-20-15-17-22-28-34-68(72)75-47-56-41-54-43-62(56)64-39-50(37-60(54)64)45-74-66(70)8-3/h8,50-65H,3-4,6-7,9-48H2,1-2,5H3/t50?,51?,52?,53?,54?,55?,56?,57?,58?,59?,60?,61-,62?,63?,64?,65-/m1/s1. The highest BCUT2D eigenvalue weighted by atomic mass is 16.5. The zero-order valence-electron chi connectivity index (χ0n) is 49.7. The van der Waals surface area contributed by atoms with Crippen molar-refractivity contribution in [2.75, 3.05) is 26.4 Å². The maximum atomic E-state index is 12.9. The van der Waals surface area contributed by atoms with E-state index in [0.29, 0.717) is 92.2 Å². The summed E-state index contributed by atoms with van der Waals surface area (Å²) in [7, 11) is 0.